The average Bonchev–Trinajstić information content (AvgIpc) is 3.55. The number of nitrogens with one attached hydrogen (secondary N) is 1. The van der Waals surface area contributed by atoms with Crippen LogP contribution in [-0.4, -0.2) is 52.5 Å². The topological polar surface area (TPSA) is 78.5 Å². The van der Waals surface area contributed by atoms with Crippen molar-refractivity contribution in [1.29, 1.82) is 0 Å². The number of unbranched alkanes of at least 4 members (excludes halogenated alkanes) is 2. The number of carbonyl (C=O) groups is 3. The number of carbonyl (C=O) groups excluding carboxylic acids is 3. The fourth-order valence-corrected chi connectivity index (χ4v) is 4.89. The van der Waals surface area contributed by atoms with Crippen molar-refractivity contribution in [2.24, 2.45) is 5.41 Å². The van der Waals surface area contributed by atoms with Crippen molar-refractivity contribution in [3.8, 4) is 0 Å². The van der Waals surface area contributed by atoms with Crippen LogP contribution in [0, 0.1) is 5.41 Å². The predicted molar refractivity (Wildman–Crippen MR) is 103 cm³/mol. The molecule has 7 heteroatoms. The van der Waals surface area contributed by atoms with Gasteiger partial charge in [-0.05, 0) is 12.5 Å². The highest BCUT2D eigenvalue weighted by Crippen LogP contribution is 2.67. The smallest absolute Gasteiger partial charge is 0.411 e. The van der Waals surface area contributed by atoms with Gasteiger partial charge in [-0.2, -0.15) is 5.01 Å². The lowest BCUT2D eigenvalue weighted by molar-refractivity contribution is 0.0493. The molecule has 28 heavy (non-hydrogen) atoms. The highest BCUT2D eigenvalue weighted by Gasteiger charge is 2.89. The van der Waals surface area contributed by atoms with Crippen LogP contribution in [0.4, 0.5) is 4.79 Å². The molecule has 1 aromatic carbocycles. The Balaban J connectivity index is 1.57. The third-order valence-corrected chi connectivity index (χ3v) is 6.24. The Hall–Kier alpha value is -2.41. The van der Waals surface area contributed by atoms with Crippen molar-refractivity contribution in [2.75, 3.05) is 6.61 Å². The summed E-state index contributed by atoms with van der Waals surface area (Å²) in [5, 5.41) is 1.91. The van der Waals surface area contributed by atoms with E-state index in [1.165, 1.54) is 0 Å². The molecule has 2 amide bonds. The van der Waals surface area contributed by atoms with Gasteiger partial charge in [0.1, 0.15) is 6.61 Å². The minimum Gasteiger partial charge on any atom is -0.449 e. The van der Waals surface area contributed by atoms with E-state index in [4.69, 9.17) is 4.74 Å². The van der Waals surface area contributed by atoms with Crippen LogP contribution in [0.5, 0.6) is 0 Å². The summed E-state index contributed by atoms with van der Waals surface area (Å²) in [5.74, 6) is -0.323. The van der Waals surface area contributed by atoms with Crippen molar-refractivity contribution < 1.29 is 19.1 Å². The molecule has 2 unspecified atom stereocenters. The van der Waals surface area contributed by atoms with Gasteiger partial charge in [0.15, 0.2) is 11.9 Å². The van der Waals surface area contributed by atoms with Crippen molar-refractivity contribution in [1.82, 2.24) is 15.3 Å². The summed E-state index contributed by atoms with van der Waals surface area (Å²) in [6.07, 6.45) is 4.54. The minimum atomic E-state index is -0.489. The summed E-state index contributed by atoms with van der Waals surface area (Å²) in [6, 6.07) is 6.82. The lowest BCUT2D eigenvalue weighted by Gasteiger charge is -2.27. The Morgan fingerprint density at radius 2 is 2.07 bits per heavy atom. The Bertz CT molecular complexity index is 824. The van der Waals surface area contributed by atoms with E-state index in [0.29, 0.717) is 24.0 Å². The number of nitrogens with zero attached hydrogens (tertiary/aromatic N) is 2. The number of fused-ring (bicyclic) bond motifs is 3. The van der Waals surface area contributed by atoms with E-state index in [2.05, 4.69) is 26.2 Å². The molecular formula is C21H27N3O4. The standard InChI is InChI=1S/C21H27N3O4/c1-4-5-6-11-16-21(18-20(2,3)13-28-19(27)23(18)21)24(16)22-17(26)15-10-8-7-9-14(15)12-25/h7-10,12,16,18H,4-6,11,13H2,1-3H3,(H,22,26)/t16?,18-,21+,23?,24?/m1/s1. The van der Waals surface area contributed by atoms with E-state index in [1.54, 1.807) is 29.2 Å². The second-order valence-corrected chi connectivity index (χ2v) is 8.63. The van der Waals surface area contributed by atoms with Crippen molar-refractivity contribution in [2.45, 2.75) is 64.2 Å². The van der Waals surface area contributed by atoms with Crippen LogP contribution in [-0.2, 0) is 4.74 Å². The first-order valence-corrected chi connectivity index (χ1v) is 10.00. The molecule has 0 bridgehead atoms. The molecule has 4 atom stereocenters. The van der Waals surface area contributed by atoms with Crippen LogP contribution >= 0.6 is 0 Å². The maximum Gasteiger partial charge on any atom is 0.411 e. The predicted octanol–water partition coefficient (Wildman–Crippen LogP) is 2.97. The third kappa shape index (κ3) is 2.64. The lowest BCUT2D eigenvalue weighted by Crippen LogP contribution is -2.37. The summed E-state index contributed by atoms with van der Waals surface area (Å²) in [6.45, 7) is 6.72. The summed E-state index contributed by atoms with van der Waals surface area (Å²) >= 11 is 0. The van der Waals surface area contributed by atoms with Gasteiger partial charge >= 0.3 is 6.09 Å². The van der Waals surface area contributed by atoms with Crippen LogP contribution in [0.2, 0.25) is 0 Å². The number of rotatable bonds is 7. The summed E-state index contributed by atoms with van der Waals surface area (Å²) in [7, 11) is 0. The maximum atomic E-state index is 12.9. The van der Waals surface area contributed by atoms with Crippen LogP contribution < -0.4 is 5.43 Å². The number of amides is 2. The zero-order chi connectivity index (χ0) is 20.1. The number of cyclic esters (lactones) is 1. The van der Waals surface area contributed by atoms with Gasteiger partial charge in [-0.25, -0.2) is 4.79 Å². The van der Waals surface area contributed by atoms with E-state index in [1.807, 2.05) is 5.01 Å². The van der Waals surface area contributed by atoms with Crippen molar-refractivity contribution >= 4 is 18.3 Å². The van der Waals surface area contributed by atoms with E-state index < -0.39 is 5.66 Å². The molecule has 3 aliphatic rings. The monoisotopic (exact) mass is 385 g/mol. The molecule has 3 heterocycles. The fourth-order valence-electron chi connectivity index (χ4n) is 4.89. The van der Waals surface area contributed by atoms with Crippen molar-refractivity contribution in [3.05, 3.63) is 35.4 Å². The number of benzene rings is 1. The van der Waals surface area contributed by atoms with E-state index >= 15 is 0 Å². The summed E-state index contributed by atoms with van der Waals surface area (Å²) in [5.41, 5.74) is 3.00. The fraction of sp³-hybridized carbons (Fsp3) is 0.571. The zero-order valence-corrected chi connectivity index (χ0v) is 16.6. The molecule has 1 N–H and O–H groups in total. The van der Waals surface area contributed by atoms with E-state index in [9.17, 15) is 14.4 Å². The summed E-state index contributed by atoms with van der Waals surface area (Å²) < 4.78 is 5.37. The molecule has 3 saturated heterocycles. The van der Waals surface area contributed by atoms with Crippen LogP contribution in [0.25, 0.3) is 0 Å². The SMILES string of the molecule is CCCCCC1N(NC(=O)c2ccccc2C=O)[C@]12[C@@H]1N2C(=O)OCC1(C)C. The number of hydrogen-bond acceptors (Lipinski definition) is 5. The largest absolute Gasteiger partial charge is 0.449 e. The zero-order valence-electron chi connectivity index (χ0n) is 16.6. The molecule has 150 valence electrons. The van der Waals surface area contributed by atoms with Crippen LogP contribution in [0.3, 0.4) is 0 Å². The highest BCUT2D eigenvalue weighted by molar-refractivity contribution is 6.01. The minimum absolute atomic E-state index is 0.0227. The molecular weight excluding hydrogens is 358 g/mol. The highest BCUT2D eigenvalue weighted by atomic mass is 16.6. The van der Waals surface area contributed by atoms with Gasteiger partial charge in [0.2, 0.25) is 0 Å². The molecule has 4 rings (SSSR count). The second kappa shape index (κ2) is 6.58. The lowest BCUT2D eigenvalue weighted by atomic mass is 9.86. The third-order valence-electron chi connectivity index (χ3n) is 6.24. The number of hydrazine groups is 1. The van der Waals surface area contributed by atoms with Crippen molar-refractivity contribution in [3.63, 3.8) is 0 Å². The molecule has 7 nitrogen and oxygen atoms in total. The quantitative estimate of drug-likeness (QED) is 0.444. The van der Waals surface area contributed by atoms with Gasteiger partial charge in [0.25, 0.3) is 5.91 Å². The normalized spacial score (nSPS) is 31.8. The Labute approximate surface area is 165 Å². The Kier molecular flexibility index (Phi) is 4.45. The van der Waals surface area contributed by atoms with E-state index in [-0.39, 0.29) is 29.5 Å². The molecule has 0 saturated carbocycles. The molecule has 0 aromatic heterocycles. The first-order valence-electron chi connectivity index (χ1n) is 10.00. The molecule has 0 aliphatic carbocycles. The van der Waals surface area contributed by atoms with Gasteiger partial charge in [-0.15, -0.1) is 0 Å². The second-order valence-electron chi connectivity index (χ2n) is 8.63. The Morgan fingerprint density at radius 3 is 2.75 bits per heavy atom. The molecule has 3 aliphatic heterocycles. The van der Waals surface area contributed by atoms with Gasteiger partial charge in [0, 0.05) is 11.0 Å². The van der Waals surface area contributed by atoms with Gasteiger partial charge in [-0.1, -0.05) is 58.2 Å². The Morgan fingerprint density at radius 1 is 1.32 bits per heavy atom. The van der Waals surface area contributed by atoms with Gasteiger partial charge in [-0.3, -0.25) is 19.9 Å². The molecule has 3 fully saturated rings. The molecule has 1 spiro atoms. The van der Waals surface area contributed by atoms with Crippen LogP contribution in [0.1, 0.15) is 67.2 Å². The summed E-state index contributed by atoms with van der Waals surface area (Å²) in [4.78, 5) is 38.3. The van der Waals surface area contributed by atoms with Gasteiger partial charge in [0.05, 0.1) is 17.6 Å². The first-order chi connectivity index (χ1) is 13.4. The molecule has 0 radical (unpaired) electrons. The van der Waals surface area contributed by atoms with E-state index in [0.717, 1.165) is 25.7 Å². The maximum absolute atomic E-state index is 12.9. The molecule has 1 aromatic rings. The number of hydrogen-bond donors (Lipinski definition) is 1. The average molecular weight is 385 g/mol. The van der Waals surface area contributed by atoms with Gasteiger partial charge < -0.3 is 4.74 Å². The number of ether oxygens (including phenoxy) is 1. The first kappa shape index (κ1) is 18.9. The number of aldehydes is 1. The van der Waals surface area contributed by atoms with Crippen LogP contribution in [0.15, 0.2) is 24.3 Å².